The van der Waals surface area contributed by atoms with E-state index in [9.17, 15) is 0 Å². The molecule has 0 atom stereocenters. The predicted octanol–water partition coefficient (Wildman–Crippen LogP) is 3.34. The lowest BCUT2D eigenvalue weighted by atomic mass is 10.2. The molecule has 0 aliphatic carbocycles. The number of hydrogen-bond acceptors (Lipinski definition) is 5. The third-order valence-corrected chi connectivity index (χ3v) is 2.97. The van der Waals surface area contributed by atoms with Crippen molar-refractivity contribution in [2.45, 2.75) is 33.4 Å². The van der Waals surface area contributed by atoms with Crippen LogP contribution in [0.2, 0.25) is 5.28 Å². The molecule has 0 fully saturated rings. The number of rotatable bonds is 6. The maximum absolute atomic E-state index is 5.97. The summed E-state index contributed by atoms with van der Waals surface area (Å²) >= 11 is 5.97. The fourth-order valence-electron chi connectivity index (χ4n) is 1.85. The molecular formula is C15H19ClN4O. The molecule has 1 aromatic heterocycles. The van der Waals surface area contributed by atoms with Crippen molar-refractivity contribution >= 4 is 17.5 Å². The highest BCUT2D eigenvalue weighted by molar-refractivity contribution is 6.28. The number of aromatic nitrogens is 3. The number of hydrogen-bond donors (Lipinski definition) is 0. The van der Waals surface area contributed by atoms with Crippen molar-refractivity contribution in [1.29, 1.82) is 0 Å². The molecule has 0 bridgehead atoms. The Morgan fingerprint density at radius 1 is 1.14 bits per heavy atom. The molecule has 21 heavy (non-hydrogen) atoms. The lowest BCUT2D eigenvalue weighted by molar-refractivity contribution is 0.221. The van der Waals surface area contributed by atoms with E-state index in [0.717, 1.165) is 6.54 Å². The van der Waals surface area contributed by atoms with Gasteiger partial charge in [0.05, 0.1) is 6.10 Å². The minimum Gasteiger partial charge on any atom is -0.461 e. The van der Waals surface area contributed by atoms with Crippen LogP contribution in [0, 0.1) is 0 Å². The molecule has 0 saturated carbocycles. The number of anilines is 1. The van der Waals surface area contributed by atoms with Crippen LogP contribution in [-0.4, -0.2) is 27.6 Å². The van der Waals surface area contributed by atoms with Crippen LogP contribution in [0.3, 0.4) is 0 Å². The maximum Gasteiger partial charge on any atom is 0.322 e. The number of halogens is 1. The van der Waals surface area contributed by atoms with Crippen LogP contribution in [0.1, 0.15) is 26.3 Å². The van der Waals surface area contributed by atoms with E-state index in [1.807, 2.05) is 43.9 Å². The van der Waals surface area contributed by atoms with Gasteiger partial charge in [0.2, 0.25) is 11.2 Å². The molecule has 0 aliphatic heterocycles. The highest BCUT2D eigenvalue weighted by Gasteiger charge is 2.13. The van der Waals surface area contributed by atoms with Crippen molar-refractivity contribution in [2.75, 3.05) is 11.4 Å². The molecule has 0 amide bonds. The third kappa shape index (κ3) is 4.56. The number of nitrogens with zero attached hydrogens (tertiary/aromatic N) is 4. The summed E-state index contributed by atoms with van der Waals surface area (Å²) in [7, 11) is 0. The first-order valence-corrected chi connectivity index (χ1v) is 7.33. The van der Waals surface area contributed by atoms with Crippen LogP contribution in [0.5, 0.6) is 6.01 Å². The van der Waals surface area contributed by atoms with E-state index in [1.165, 1.54) is 5.56 Å². The molecule has 0 saturated heterocycles. The van der Waals surface area contributed by atoms with E-state index >= 15 is 0 Å². The molecule has 0 radical (unpaired) electrons. The lowest BCUT2D eigenvalue weighted by Crippen LogP contribution is -2.25. The largest absolute Gasteiger partial charge is 0.461 e. The summed E-state index contributed by atoms with van der Waals surface area (Å²) in [4.78, 5) is 14.6. The van der Waals surface area contributed by atoms with Crippen LogP contribution < -0.4 is 9.64 Å². The van der Waals surface area contributed by atoms with Gasteiger partial charge in [-0.15, -0.1) is 0 Å². The summed E-state index contributed by atoms with van der Waals surface area (Å²) in [6.45, 7) is 7.34. The van der Waals surface area contributed by atoms with Crippen molar-refractivity contribution in [3.8, 4) is 6.01 Å². The van der Waals surface area contributed by atoms with E-state index < -0.39 is 0 Å². The van der Waals surface area contributed by atoms with Crippen molar-refractivity contribution in [2.24, 2.45) is 0 Å². The molecule has 2 aromatic rings. The molecule has 1 heterocycles. The molecule has 0 N–H and O–H groups in total. The minimum absolute atomic E-state index is 0.0134. The molecular weight excluding hydrogens is 288 g/mol. The zero-order valence-corrected chi connectivity index (χ0v) is 13.2. The topological polar surface area (TPSA) is 51.1 Å². The molecule has 5 nitrogen and oxygen atoms in total. The Morgan fingerprint density at radius 2 is 1.86 bits per heavy atom. The summed E-state index contributed by atoms with van der Waals surface area (Å²) < 4.78 is 5.51. The first kappa shape index (κ1) is 15.5. The van der Waals surface area contributed by atoms with Gasteiger partial charge in [-0.1, -0.05) is 30.3 Å². The molecule has 0 spiro atoms. The maximum atomic E-state index is 5.97. The average molecular weight is 307 g/mol. The second-order valence-electron chi connectivity index (χ2n) is 4.85. The standard InChI is InChI=1S/C15H19ClN4O/c1-4-20(10-12-8-6-5-7-9-12)14-17-13(16)18-15(19-14)21-11(2)3/h5-9,11H,4,10H2,1-3H3. The Balaban J connectivity index is 2.23. The SMILES string of the molecule is CCN(Cc1ccccc1)c1nc(Cl)nc(OC(C)C)n1. The van der Waals surface area contributed by atoms with Gasteiger partial charge in [-0.3, -0.25) is 0 Å². The fraction of sp³-hybridized carbons (Fsp3) is 0.400. The van der Waals surface area contributed by atoms with E-state index in [1.54, 1.807) is 0 Å². The van der Waals surface area contributed by atoms with Crippen LogP contribution >= 0.6 is 11.6 Å². The van der Waals surface area contributed by atoms with Crippen LogP contribution in [-0.2, 0) is 6.54 Å². The Hall–Kier alpha value is -1.88. The van der Waals surface area contributed by atoms with E-state index in [-0.39, 0.29) is 17.4 Å². The Bertz CT molecular complexity index is 577. The zero-order chi connectivity index (χ0) is 15.2. The van der Waals surface area contributed by atoms with E-state index in [4.69, 9.17) is 16.3 Å². The van der Waals surface area contributed by atoms with Gasteiger partial charge in [0.25, 0.3) is 0 Å². The first-order valence-electron chi connectivity index (χ1n) is 6.95. The van der Waals surface area contributed by atoms with Gasteiger partial charge in [0.1, 0.15) is 0 Å². The molecule has 1 aromatic carbocycles. The Morgan fingerprint density at radius 3 is 2.48 bits per heavy atom. The second kappa shape index (κ2) is 7.22. The number of benzene rings is 1. The van der Waals surface area contributed by atoms with E-state index in [0.29, 0.717) is 12.5 Å². The lowest BCUT2D eigenvalue weighted by Gasteiger charge is -2.21. The molecule has 112 valence electrons. The van der Waals surface area contributed by atoms with E-state index in [2.05, 4.69) is 27.1 Å². The van der Waals surface area contributed by atoms with Gasteiger partial charge >= 0.3 is 6.01 Å². The van der Waals surface area contributed by atoms with Crippen LogP contribution in [0.15, 0.2) is 30.3 Å². The van der Waals surface area contributed by atoms with Crippen molar-refractivity contribution < 1.29 is 4.74 Å². The summed E-state index contributed by atoms with van der Waals surface area (Å²) in [5.41, 5.74) is 1.18. The van der Waals surface area contributed by atoms with Gasteiger partial charge in [-0.05, 0) is 37.9 Å². The highest BCUT2D eigenvalue weighted by Crippen LogP contribution is 2.18. The fourth-order valence-corrected chi connectivity index (χ4v) is 2.00. The molecule has 6 heteroatoms. The second-order valence-corrected chi connectivity index (χ2v) is 5.19. The molecule has 0 unspecified atom stereocenters. The summed E-state index contributed by atoms with van der Waals surface area (Å²) in [5.74, 6) is 0.525. The van der Waals surface area contributed by atoms with Gasteiger partial charge < -0.3 is 9.64 Å². The Labute approximate surface area is 130 Å². The van der Waals surface area contributed by atoms with Crippen LogP contribution in [0.25, 0.3) is 0 Å². The quantitative estimate of drug-likeness (QED) is 0.819. The summed E-state index contributed by atoms with van der Waals surface area (Å²) in [6.07, 6.45) is -0.0134. The van der Waals surface area contributed by atoms with Gasteiger partial charge in [0.15, 0.2) is 0 Å². The van der Waals surface area contributed by atoms with Crippen molar-refractivity contribution in [3.63, 3.8) is 0 Å². The normalized spacial score (nSPS) is 10.7. The summed E-state index contributed by atoms with van der Waals surface area (Å²) in [5, 5.41) is 0.141. The number of ether oxygens (including phenoxy) is 1. The third-order valence-electron chi connectivity index (χ3n) is 2.80. The van der Waals surface area contributed by atoms with Gasteiger partial charge in [0, 0.05) is 13.1 Å². The monoisotopic (exact) mass is 306 g/mol. The van der Waals surface area contributed by atoms with Gasteiger partial charge in [-0.25, -0.2) is 0 Å². The Kier molecular flexibility index (Phi) is 5.33. The summed E-state index contributed by atoms with van der Waals surface area (Å²) in [6, 6.07) is 10.4. The van der Waals surface area contributed by atoms with Gasteiger partial charge in [-0.2, -0.15) is 15.0 Å². The molecule has 0 aliphatic rings. The molecule has 2 rings (SSSR count). The van der Waals surface area contributed by atoms with Crippen LogP contribution in [0.4, 0.5) is 5.95 Å². The smallest absolute Gasteiger partial charge is 0.322 e. The predicted molar refractivity (Wildman–Crippen MR) is 83.8 cm³/mol. The van der Waals surface area contributed by atoms with Crippen molar-refractivity contribution in [1.82, 2.24) is 15.0 Å². The first-order chi connectivity index (χ1) is 10.1. The average Bonchev–Trinajstić information content (AvgIpc) is 2.44. The highest BCUT2D eigenvalue weighted by atomic mass is 35.5. The zero-order valence-electron chi connectivity index (χ0n) is 12.5. The van der Waals surface area contributed by atoms with Crippen molar-refractivity contribution in [3.05, 3.63) is 41.2 Å². The minimum atomic E-state index is -0.0134.